The topological polar surface area (TPSA) is 95.2 Å². The van der Waals surface area contributed by atoms with Crippen molar-refractivity contribution in [3.05, 3.63) is 23.8 Å². The maximum absolute atomic E-state index is 5.16. The van der Waals surface area contributed by atoms with Gasteiger partial charge in [0.05, 0.1) is 26.0 Å². The van der Waals surface area contributed by atoms with Crippen molar-refractivity contribution in [2.24, 2.45) is 21.7 Å². The summed E-state index contributed by atoms with van der Waals surface area (Å²) in [4.78, 5) is 0. The average Bonchev–Trinajstić information content (AvgIpc) is 2.28. The van der Waals surface area contributed by atoms with E-state index in [0.29, 0.717) is 17.1 Å². The minimum Gasteiger partial charge on any atom is -0.496 e. The maximum Gasteiger partial charge on any atom is 0.211 e. The molecule has 6 heteroatoms. The summed E-state index contributed by atoms with van der Waals surface area (Å²) in [5, 5.41) is 7.21. The van der Waals surface area contributed by atoms with Gasteiger partial charge in [0, 0.05) is 0 Å². The zero-order valence-corrected chi connectivity index (χ0v) is 9.18. The molecule has 0 unspecified atom stereocenters. The van der Waals surface area contributed by atoms with Crippen molar-refractivity contribution in [3.8, 4) is 11.5 Å². The van der Waals surface area contributed by atoms with Crippen LogP contribution in [0, 0.1) is 0 Å². The molecule has 0 aliphatic heterocycles. The van der Waals surface area contributed by atoms with E-state index in [1.54, 1.807) is 26.4 Å². The second kappa shape index (κ2) is 5.59. The number of rotatable bonds is 4. The highest BCUT2D eigenvalue weighted by molar-refractivity contribution is 5.88. The Kier molecular flexibility index (Phi) is 4.14. The van der Waals surface area contributed by atoms with Crippen LogP contribution in [-0.2, 0) is 0 Å². The molecular formula is C10H14N4O2. The normalized spacial score (nSPS) is 10.1. The molecule has 0 heterocycles. The smallest absolute Gasteiger partial charge is 0.211 e. The largest absolute Gasteiger partial charge is 0.496 e. The first-order chi connectivity index (χ1) is 7.69. The van der Waals surface area contributed by atoms with Crippen LogP contribution < -0.4 is 20.9 Å². The van der Waals surface area contributed by atoms with Crippen LogP contribution in [0.1, 0.15) is 5.56 Å². The van der Waals surface area contributed by atoms with Crippen molar-refractivity contribution in [2.45, 2.75) is 0 Å². The number of benzene rings is 1. The molecule has 0 aliphatic carbocycles. The minimum absolute atomic E-state index is 0.106. The molecule has 0 bridgehead atoms. The van der Waals surface area contributed by atoms with Crippen LogP contribution >= 0.6 is 0 Å². The van der Waals surface area contributed by atoms with Crippen LogP contribution in [0.15, 0.2) is 28.4 Å². The summed E-state index contributed by atoms with van der Waals surface area (Å²) in [7, 11) is 3.12. The van der Waals surface area contributed by atoms with Gasteiger partial charge in [0.25, 0.3) is 0 Å². The Labute approximate surface area is 93.6 Å². The first-order valence-corrected chi connectivity index (χ1v) is 4.52. The van der Waals surface area contributed by atoms with Crippen molar-refractivity contribution in [1.29, 1.82) is 0 Å². The molecule has 86 valence electrons. The third-order valence-electron chi connectivity index (χ3n) is 1.83. The Morgan fingerprint density at radius 3 is 2.19 bits per heavy atom. The third-order valence-corrected chi connectivity index (χ3v) is 1.83. The number of hydrogen-bond donors (Lipinski definition) is 2. The molecule has 0 saturated heterocycles. The van der Waals surface area contributed by atoms with Crippen LogP contribution in [0.3, 0.4) is 0 Å². The Morgan fingerprint density at radius 2 is 1.75 bits per heavy atom. The van der Waals surface area contributed by atoms with Crippen molar-refractivity contribution >= 4 is 12.2 Å². The van der Waals surface area contributed by atoms with Crippen LogP contribution in [-0.4, -0.2) is 26.4 Å². The summed E-state index contributed by atoms with van der Waals surface area (Å²) in [6.45, 7) is 0. The molecule has 16 heavy (non-hydrogen) atoms. The molecule has 1 rings (SSSR count). The standard InChI is InChI=1S/C10H14N4O2/c1-15-8-4-3-5-9(16-2)7(8)6-13-14-10(11)12/h3-6H,1-2H3,(H4,11,12,14). The molecule has 1 aromatic carbocycles. The Bertz CT molecular complexity index is 389. The number of methoxy groups -OCH3 is 2. The zero-order valence-electron chi connectivity index (χ0n) is 9.18. The number of nitrogens with zero attached hydrogens (tertiary/aromatic N) is 2. The highest BCUT2D eigenvalue weighted by Gasteiger charge is 2.06. The summed E-state index contributed by atoms with van der Waals surface area (Å²) < 4.78 is 10.3. The lowest BCUT2D eigenvalue weighted by molar-refractivity contribution is 0.393. The van der Waals surface area contributed by atoms with Gasteiger partial charge in [-0.25, -0.2) is 0 Å². The van der Waals surface area contributed by atoms with Crippen LogP contribution in [0.2, 0.25) is 0 Å². The van der Waals surface area contributed by atoms with Crippen molar-refractivity contribution in [1.82, 2.24) is 0 Å². The molecule has 6 nitrogen and oxygen atoms in total. The van der Waals surface area contributed by atoms with Gasteiger partial charge < -0.3 is 20.9 Å². The highest BCUT2D eigenvalue weighted by atomic mass is 16.5. The van der Waals surface area contributed by atoms with Crippen molar-refractivity contribution in [3.63, 3.8) is 0 Å². The third kappa shape index (κ3) is 2.88. The predicted octanol–water partition coefficient (Wildman–Crippen LogP) is 0.311. The van der Waals surface area contributed by atoms with Crippen molar-refractivity contribution < 1.29 is 9.47 Å². The maximum atomic E-state index is 5.16. The van der Waals surface area contributed by atoms with Gasteiger partial charge in [0.15, 0.2) is 0 Å². The molecule has 1 aromatic rings. The number of ether oxygens (including phenoxy) is 2. The quantitative estimate of drug-likeness (QED) is 0.435. The van der Waals surface area contributed by atoms with Gasteiger partial charge in [-0.2, -0.15) is 5.10 Å². The van der Waals surface area contributed by atoms with E-state index in [2.05, 4.69) is 10.2 Å². The summed E-state index contributed by atoms with van der Waals surface area (Å²) >= 11 is 0. The van der Waals surface area contributed by atoms with E-state index in [1.807, 2.05) is 6.07 Å². The van der Waals surface area contributed by atoms with Gasteiger partial charge in [-0.05, 0) is 12.1 Å². The van der Waals surface area contributed by atoms with E-state index < -0.39 is 0 Å². The van der Waals surface area contributed by atoms with E-state index >= 15 is 0 Å². The molecular weight excluding hydrogens is 208 g/mol. The second-order valence-corrected chi connectivity index (χ2v) is 2.85. The first-order valence-electron chi connectivity index (χ1n) is 4.52. The minimum atomic E-state index is -0.106. The second-order valence-electron chi connectivity index (χ2n) is 2.85. The molecule has 4 N–H and O–H groups in total. The van der Waals surface area contributed by atoms with Crippen LogP contribution in [0.5, 0.6) is 11.5 Å². The first kappa shape index (κ1) is 11.8. The molecule has 0 aliphatic rings. The lowest BCUT2D eigenvalue weighted by Crippen LogP contribution is -2.21. The van der Waals surface area contributed by atoms with Gasteiger partial charge in [0.1, 0.15) is 11.5 Å². The fraction of sp³-hybridized carbons (Fsp3) is 0.200. The molecule has 0 spiro atoms. The Morgan fingerprint density at radius 1 is 1.19 bits per heavy atom. The lowest BCUT2D eigenvalue weighted by Gasteiger charge is -2.08. The molecule has 0 saturated carbocycles. The summed E-state index contributed by atoms with van der Waals surface area (Å²) in [5.41, 5.74) is 11.0. The van der Waals surface area contributed by atoms with E-state index in [-0.39, 0.29) is 5.96 Å². The molecule has 0 radical (unpaired) electrons. The summed E-state index contributed by atoms with van der Waals surface area (Å²) in [6.07, 6.45) is 1.47. The van der Waals surface area contributed by atoms with Crippen LogP contribution in [0.4, 0.5) is 0 Å². The van der Waals surface area contributed by atoms with Gasteiger partial charge in [-0.15, -0.1) is 5.10 Å². The van der Waals surface area contributed by atoms with Gasteiger partial charge in [-0.3, -0.25) is 0 Å². The SMILES string of the molecule is COc1cccc(OC)c1C=NN=C(N)N. The predicted molar refractivity (Wildman–Crippen MR) is 62.9 cm³/mol. The highest BCUT2D eigenvalue weighted by Crippen LogP contribution is 2.26. The zero-order chi connectivity index (χ0) is 12.0. The van der Waals surface area contributed by atoms with E-state index in [9.17, 15) is 0 Å². The Hall–Kier alpha value is -2.24. The molecule has 0 atom stereocenters. The summed E-state index contributed by atoms with van der Waals surface area (Å²) in [5.74, 6) is 1.16. The molecule has 0 amide bonds. The van der Waals surface area contributed by atoms with E-state index in [4.69, 9.17) is 20.9 Å². The number of guanidine groups is 1. The fourth-order valence-electron chi connectivity index (χ4n) is 1.16. The van der Waals surface area contributed by atoms with E-state index in [1.165, 1.54) is 6.21 Å². The van der Waals surface area contributed by atoms with Crippen molar-refractivity contribution in [2.75, 3.05) is 14.2 Å². The Balaban J connectivity index is 3.09. The molecule has 0 fully saturated rings. The van der Waals surface area contributed by atoms with Gasteiger partial charge in [-0.1, -0.05) is 6.07 Å². The van der Waals surface area contributed by atoms with Gasteiger partial charge in [0.2, 0.25) is 5.96 Å². The lowest BCUT2D eigenvalue weighted by atomic mass is 10.2. The molecule has 0 aromatic heterocycles. The fourth-order valence-corrected chi connectivity index (χ4v) is 1.16. The van der Waals surface area contributed by atoms with Gasteiger partial charge >= 0.3 is 0 Å². The van der Waals surface area contributed by atoms with Crippen LogP contribution in [0.25, 0.3) is 0 Å². The number of hydrogen-bond acceptors (Lipinski definition) is 4. The monoisotopic (exact) mass is 222 g/mol. The average molecular weight is 222 g/mol. The number of nitrogens with two attached hydrogens (primary N) is 2. The summed E-state index contributed by atoms with van der Waals surface area (Å²) in [6, 6.07) is 5.40. The van der Waals surface area contributed by atoms with E-state index in [0.717, 1.165) is 0 Å².